The topological polar surface area (TPSA) is 194 Å². The molecule has 12 heteroatoms. The summed E-state index contributed by atoms with van der Waals surface area (Å²) in [6.45, 7) is 1.92. The standard InChI is InChI=1S/2C7H5NO3S.C2H8N2/c2*9-7-5-3-1-2-4-6(5)12(10,11)8-7;3-1-2-4/h2*1-4H,(H,8,9);1-4H2. The smallest absolute Gasteiger partial charge is 0.282 e. The van der Waals surface area contributed by atoms with Crippen LogP contribution in [0.5, 0.6) is 0 Å². The molecular weight excluding hydrogens is 408 g/mol. The number of nitrogens with zero attached hydrogens (tertiary/aromatic N) is 2. The van der Waals surface area contributed by atoms with Gasteiger partial charge in [0.05, 0.1) is 9.79 Å². The fourth-order valence-corrected chi connectivity index (χ4v) is 4.35. The zero-order chi connectivity index (χ0) is 20.9. The summed E-state index contributed by atoms with van der Waals surface area (Å²) in [6.07, 6.45) is 0. The molecule has 0 saturated carbocycles. The van der Waals surface area contributed by atoms with Crippen LogP contribution in [-0.4, -0.2) is 41.7 Å². The van der Waals surface area contributed by atoms with E-state index in [0.717, 1.165) is 13.1 Å². The summed E-state index contributed by atoms with van der Waals surface area (Å²) in [4.78, 5) is 0.0185. The first-order chi connectivity index (χ1) is 13.1. The van der Waals surface area contributed by atoms with Gasteiger partial charge in [0.2, 0.25) is 0 Å². The number of benzene rings is 2. The van der Waals surface area contributed by atoms with Crippen molar-refractivity contribution in [1.82, 2.24) is 0 Å². The molecule has 0 spiro atoms. The molecule has 2 aromatic carbocycles. The summed E-state index contributed by atoms with van der Waals surface area (Å²) < 4.78 is 50.3. The molecule has 2 aromatic rings. The monoisotopic (exact) mass is 426 g/mol. The minimum absolute atomic E-state index is 0.00926. The molecule has 0 aliphatic carbocycles. The summed E-state index contributed by atoms with van der Waals surface area (Å²) in [5.74, 6) is -1.35. The molecule has 0 saturated heterocycles. The quantitative estimate of drug-likeness (QED) is 0.474. The number of hydrogen-bond acceptors (Lipinski definition) is 6. The van der Waals surface area contributed by atoms with E-state index in [1.54, 1.807) is 24.3 Å². The third-order valence-corrected chi connectivity index (χ3v) is 6.08. The Balaban J connectivity index is 0.000000169. The molecule has 6 N–H and O–H groups in total. The normalized spacial score (nSPS) is 16.9. The van der Waals surface area contributed by atoms with Crippen LogP contribution in [0.15, 0.2) is 67.1 Å². The van der Waals surface area contributed by atoms with Crippen LogP contribution in [0.1, 0.15) is 11.1 Å². The van der Waals surface area contributed by atoms with Crippen molar-refractivity contribution in [2.24, 2.45) is 8.80 Å². The van der Waals surface area contributed by atoms with Crippen LogP contribution in [0.3, 0.4) is 0 Å². The largest absolute Gasteiger partial charge is 0.858 e. The van der Waals surface area contributed by atoms with E-state index in [1.165, 1.54) is 24.3 Å². The van der Waals surface area contributed by atoms with Crippen molar-refractivity contribution in [3.8, 4) is 0 Å². The zero-order valence-electron chi connectivity index (χ0n) is 14.6. The van der Waals surface area contributed by atoms with Gasteiger partial charge in [-0.25, -0.2) is 0 Å². The van der Waals surface area contributed by atoms with E-state index in [1.807, 2.05) is 0 Å². The van der Waals surface area contributed by atoms with E-state index < -0.39 is 31.8 Å². The SMILES string of the molecule is O=S1(=O)N=C([O-])c2ccccc21.O=S1(=O)N=C([O-])c2ccccc21.[NH3+]CC[NH3+]. The summed E-state index contributed by atoms with van der Waals surface area (Å²) in [5.41, 5.74) is 7.41. The number of fused-ring (bicyclic) bond motifs is 2. The van der Waals surface area contributed by atoms with Crippen molar-refractivity contribution in [2.75, 3.05) is 13.1 Å². The maximum Gasteiger partial charge on any atom is 0.282 e. The van der Waals surface area contributed by atoms with Gasteiger partial charge >= 0.3 is 0 Å². The number of quaternary nitrogens is 2. The predicted molar refractivity (Wildman–Crippen MR) is 95.8 cm³/mol. The third kappa shape index (κ3) is 4.54. The van der Waals surface area contributed by atoms with Crippen LogP contribution in [0.25, 0.3) is 0 Å². The van der Waals surface area contributed by atoms with Gasteiger partial charge in [-0.2, -0.15) is 25.6 Å². The number of sulfonamides is 2. The second kappa shape index (κ2) is 8.48. The molecule has 150 valence electrons. The maximum absolute atomic E-state index is 11.1. The van der Waals surface area contributed by atoms with Gasteiger partial charge in [-0.15, -0.1) is 0 Å². The van der Waals surface area contributed by atoms with Crippen LogP contribution < -0.4 is 21.7 Å². The molecule has 4 rings (SSSR count). The Labute approximate surface area is 162 Å². The van der Waals surface area contributed by atoms with E-state index in [9.17, 15) is 27.0 Å². The predicted octanol–water partition coefficient (Wildman–Crippen LogP) is -3.54. The van der Waals surface area contributed by atoms with Crippen LogP contribution in [-0.2, 0) is 20.0 Å². The molecule has 0 atom stereocenters. The fourth-order valence-electron chi connectivity index (χ4n) is 2.15. The number of hydrogen-bond donors (Lipinski definition) is 2. The first-order valence-corrected chi connectivity index (χ1v) is 10.8. The molecule has 0 bridgehead atoms. The molecule has 2 aliphatic heterocycles. The molecule has 0 radical (unpaired) electrons. The molecule has 0 amide bonds. The third-order valence-electron chi connectivity index (χ3n) is 3.45. The van der Waals surface area contributed by atoms with Gasteiger partial charge < -0.3 is 21.7 Å². The minimum Gasteiger partial charge on any atom is -0.858 e. The van der Waals surface area contributed by atoms with Crippen molar-refractivity contribution >= 4 is 31.8 Å². The second-order valence-electron chi connectivity index (χ2n) is 5.44. The maximum atomic E-state index is 11.1. The number of rotatable bonds is 1. The van der Waals surface area contributed by atoms with Crippen molar-refractivity contribution in [3.63, 3.8) is 0 Å². The molecule has 0 aromatic heterocycles. The van der Waals surface area contributed by atoms with Gasteiger partial charge in [-0.05, 0) is 12.1 Å². The van der Waals surface area contributed by atoms with Crippen LogP contribution >= 0.6 is 0 Å². The lowest BCUT2D eigenvalue weighted by atomic mass is 10.2. The lowest BCUT2D eigenvalue weighted by Crippen LogP contribution is -2.64. The highest BCUT2D eigenvalue weighted by atomic mass is 32.2. The van der Waals surface area contributed by atoms with Gasteiger partial charge in [0, 0.05) is 22.9 Å². The van der Waals surface area contributed by atoms with Crippen molar-refractivity contribution < 1.29 is 38.5 Å². The minimum atomic E-state index is -3.68. The molecule has 2 heterocycles. The molecule has 2 aliphatic rings. The van der Waals surface area contributed by atoms with Gasteiger partial charge in [-0.1, -0.05) is 36.4 Å². The summed E-state index contributed by atoms with van der Waals surface area (Å²) in [5, 5.41) is 21.9. The Morgan fingerprint density at radius 2 is 1.00 bits per heavy atom. The first kappa shape index (κ1) is 21.5. The van der Waals surface area contributed by atoms with Gasteiger partial charge in [0.15, 0.2) is 0 Å². The highest BCUT2D eigenvalue weighted by molar-refractivity contribution is 7.91. The Hall–Kier alpha value is -2.80. The second-order valence-corrected chi connectivity index (χ2v) is 8.59. The summed E-state index contributed by atoms with van der Waals surface area (Å²) in [6, 6.07) is 12.0. The van der Waals surface area contributed by atoms with E-state index in [-0.39, 0.29) is 20.9 Å². The highest BCUT2D eigenvalue weighted by Crippen LogP contribution is 2.24. The first-order valence-electron chi connectivity index (χ1n) is 7.95. The van der Waals surface area contributed by atoms with Crippen LogP contribution in [0, 0.1) is 0 Å². The molecule has 0 fully saturated rings. The molecule has 10 nitrogen and oxygen atoms in total. The van der Waals surface area contributed by atoms with Gasteiger partial charge in [0.25, 0.3) is 20.0 Å². The van der Waals surface area contributed by atoms with Gasteiger partial charge in [0.1, 0.15) is 13.1 Å². The van der Waals surface area contributed by atoms with E-state index in [0.29, 0.717) is 0 Å². The van der Waals surface area contributed by atoms with Gasteiger partial charge in [-0.3, -0.25) is 0 Å². The summed E-state index contributed by atoms with van der Waals surface area (Å²) in [7, 11) is -7.36. The van der Waals surface area contributed by atoms with Crippen molar-refractivity contribution in [2.45, 2.75) is 9.79 Å². The average Bonchev–Trinajstić information content (AvgIpc) is 3.05. The van der Waals surface area contributed by atoms with E-state index >= 15 is 0 Å². The Morgan fingerprint density at radius 3 is 1.29 bits per heavy atom. The van der Waals surface area contributed by atoms with Crippen molar-refractivity contribution in [3.05, 3.63) is 59.7 Å². The van der Waals surface area contributed by atoms with E-state index in [4.69, 9.17) is 0 Å². The van der Waals surface area contributed by atoms with E-state index in [2.05, 4.69) is 20.3 Å². The molecule has 0 unspecified atom stereocenters. The molecule has 28 heavy (non-hydrogen) atoms. The van der Waals surface area contributed by atoms with Crippen molar-refractivity contribution in [1.29, 1.82) is 0 Å². The lowest BCUT2D eigenvalue weighted by Gasteiger charge is -2.01. The molecular formula is C16H18N4O6S2. The summed E-state index contributed by atoms with van der Waals surface area (Å²) >= 11 is 0. The fraction of sp³-hybridized carbons (Fsp3) is 0.125. The van der Waals surface area contributed by atoms with Crippen LogP contribution in [0.2, 0.25) is 0 Å². The average molecular weight is 426 g/mol. The highest BCUT2D eigenvalue weighted by Gasteiger charge is 2.23. The Kier molecular flexibility index (Phi) is 6.51. The van der Waals surface area contributed by atoms with Crippen LogP contribution in [0.4, 0.5) is 0 Å². The Morgan fingerprint density at radius 1 is 0.679 bits per heavy atom. The Bertz CT molecular complexity index is 1050. The lowest BCUT2D eigenvalue weighted by molar-refractivity contribution is -0.453. The zero-order valence-corrected chi connectivity index (χ0v) is 16.2.